The van der Waals surface area contributed by atoms with Gasteiger partial charge in [-0.3, -0.25) is 0 Å². The summed E-state index contributed by atoms with van der Waals surface area (Å²) in [4.78, 5) is 0. The molecular formula is C6H11IO2. The van der Waals surface area contributed by atoms with E-state index in [2.05, 4.69) is 22.6 Å². The molecule has 2 nitrogen and oxygen atoms in total. The lowest BCUT2D eigenvalue weighted by Gasteiger charge is -2.11. The second-order valence-electron chi connectivity index (χ2n) is 2.32. The van der Waals surface area contributed by atoms with Crippen LogP contribution in [0.2, 0.25) is 0 Å². The van der Waals surface area contributed by atoms with Crippen LogP contribution in [0.3, 0.4) is 0 Å². The van der Waals surface area contributed by atoms with Gasteiger partial charge in [-0.2, -0.15) is 0 Å². The summed E-state index contributed by atoms with van der Waals surface area (Å²) in [6.45, 7) is 2.01. The highest BCUT2D eigenvalue weighted by atomic mass is 127. The Labute approximate surface area is 68.7 Å². The SMILES string of the molecule is OCC(I)C1CCOC1. The van der Waals surface area contributed by atoms with Gasteiger partial charge >= 0.3 is 0 Å². The van der Waals surface area contributed by atoms with Gasteiger partial charge in [0.05, 0.1) is 13.2 Å². The number of aliphatic hydroxyl groups excluding tert-OH is 1. The average Bonchev–Trinajstić information content (AvgIpc) is 2.37. The fraction of sp³-hybridized carbons (Fsp3) is 1.00. The van der Waals surface area contributed by atoms with Crippen molar-refractivity contribution in [1.82, 2.24) is 0 Å². The Morgan fingerprint density at radius 3 is 3.00 bits per heavy atom. The van der Waals surface area contributed by atoms with Crippen LogP contribution in [0.5, 0.6) is 0 Å². The molecular weight excluding hydrogens is 231 g/mol. The van der Waals surface area contributed by atoms with Crippen molar-refractivity contribution in [3.8, 4) is 0 Å². The van der Waals surface area contributed by atoms with Crippen LogP contribution < -0.4 is 0 Å². The van der Waals surface area contributed by atoms with Crippen molar-refractivity contribution < 1.29 is 9.84 Å². The minimum atomic E-state index is 0.286. The van der Waals surface area contributed by atoms with Gasteiger partial charge in [0.15, 0.2) is 0 Å². The second kappa shape index (κ2) is 3.73. The van der Waals surface area contributed by atoms with Gasteiger partial charge in [-0.15, -0.1) is 0 Å². The quantitative estimate of drug-likeness (QED) is 0.573. The van der Waals surface area contributed by atoms with Crippen LogP contribution in [-0.2, 0) is 4.74 Å². The molecule has 9 heavy (non-hydrogen) atoms. The Kier molecular flexibility index (Phi) is 3.21. The van der Waals surface area contributed by atoms with Gasteiger partial charge in [-0.1, -0.05) is 22.6 Å². The maximum atomic E-state index is 8.73. The number of aliphatic hydroxyl groups is 1. The van der Waals surface area contributed by atoms with E-state index in [-0.39, 0.29) is 6.61 Å². The largest absolute Gasteiger partial charge is 0.395 e. The van der Waals surface area contributed by atoms with E-state index in [1.54, 1.807) is 0 Å². The first-order chi connectivity index (χ1) is 4.34. The number of rotatable bonds is 2. The molecule has 3 heteroatoms. The number of halogens is 1. The summed E-state index contributed by atoms with van der Waals surface area (Å²) in [7, 11) is 0. The van der Waals surface area contributed by atoms with Gasteiger partial charge in [0, 0.05) is 10.5 Å². The molecule has 0 saturated carbocycles. The summed E-state index contributed by atoms with van der Waals surface area (Å²) in [5.74, 6) is 0.593. The number of alkyl halides is 1. The molecule has 54 valence electrons. The first-order valence-electron chi connectivity index (χ1n) is 3.17. The number of hydrogen-bond acceptors (Lipinski definition) is 2. The van der Waals surface area contributed by atoms with Crippen molar-refractivity contribution >= 4 is 22.6 Å². The van der Waals surface area contributed by atoms with E-state index in [1.165, 1.54) is 0 Å². The van der Waals surface area contributed by atoms with Crippen molar-refractivity contribution in [1.29, 1.82) is 0 Å². The highest BCUT2D eigenvalue weighted by Gasteiger charge is 2.22. The van der Waals surface area contributed by atoms with Crippen LogP contribution in [0, 0.1) is 5.92 Å². The molecule has 1 rings (SSSR count). The highest BCUT2D eigenvalue weighted by molar-refractivity contribution is 14.1. The Morgan fingerprint density at radius 2 is 2.56 bits per heavy atom. The molecule has 0 aromatic heterocycles. The van der Waals surface area contributed by atoms with Crippen LogP contribution in [0.15, 0.2) is 0 Å². The molecule has 1 heterocycles. The predicted molar refractivity (Wildman–Crippen MR) is 43.8 cm³/mol. The summed E-state index contributed by atoms with van der Waals surface area (Å²) in [6.07, 6.45) is 1.12. The lowest BCUT2D eigenvalue weighted by molar-refractivity contribution is 0.179. The van der Waals surface area contributed by atoms with Crippen molar-refractivity contribution in [3.63, 3.8) is 0 Å². The van der Waals surface area contributed by atoms with Crippen molar-refractivity contribution in [2.75, 3.05) is 19.8 Å². The van der Waals surface area contributed by atoms with E-state index >= 15 is 0 Å². The average molecular weight is 242 g/mol. The maximum absolute atomic E-state index is 8.73. The molecule has 0 aromatic rings. The molecule has 0 aromatic carbocycles. The zero-order valence-corrected chi connectivity index (χ0v) is 7.37. The van der Waals surface area contributed by atoms with Crippen molar-refractivity contribution in [2.45, 2.75) is 10.3 Å². The van der Waals surface area contributed by atoms with Gasteiger partial charge in [-0.05, 0) is 12.3 Å². The lowest BCUT2D eigenvalue weighted by atomic mass is 10.1. The standard InChI is InChI=1S/C6H11IO2/c7-6(3-8)5-1-2-9-4-5/h5-6,8H,1-4H2. The summed E-state index contributed by atoms with van der Waals surface area (Å²) >= 11 is 2.28. The fourth-order valence-electron chi connectivity index (χ4n) is 0.987. The summed E-state index contributed by atoms with van der Waals surface area (Å²) in [5, 5.41) is 8.73. The van der Waals surface area contributed by atoms with Crippen LogP contribution in [-0.4, -0.2) is 28.9 Å². The molecule has 2 unspecified atom stereocenters. The van der Waals surface area contributed by atoms with Crippen molar-refractivity contribution in [2.24, 2.45) is 5.92 Å². The number of ether oxygens (including phenoxy) is 1. The first kappa shape index (κ1) is 7.75. The van der Waals surface area contributed by atoms with Gasteiger partial charge in [0.25, 0.3) is 0 Å². The maximum Gasteiger partial charge on any atom is 0.0552 e. The van der Waals surface area contributed by atoms with E-state index in [0.717, 1.165) is 19.6 Å². The molecule has 0 aliphatic carbocycles. The molecule has 1 fully saturated rings. The zero-order chi connectivity index (χ0) is 6.69. The summed E-state index contributed by atoms with van der Waals surface area (Å²) in [5.41, 5.74) is 0. The minimum Gasteiger partial charge on any atom is -0.395 e. The Balaban J connectivity index is 2.24. The van der Waals surface area contributed by atoms with E-state index in [9.17, 15) is 0 Å². The minimum absolute atomic E-state index is 0.286. The Morgan fingerprint density at radius 1 is 1.78 bits per heavy atom. The third-order valence-corrected chi connectivity index (χ3v) is 3.06. The topological polar surface area (TPSA) is 29.5 Å². The van der Waals surface area contributed by atoms with Gasteiger partial charge in [-0.25, -0.2) is 0 Å². The van der Waals surface area contributed by atoms with E-state index < -0.39 is 0 Å². The van der Waals surface area contributed by atoms with Crippen molar-refractivity contribution in [3.05, 3.63) is 0 Å². The fourth-order valence-corrected chi connectivity index (χ4v) is 1.55. The third kappa shape index (κ3) is 2.05. The van der Waals surface area contributed by atoms with Crippen LogP contribution in [0.1, 0.15) is 6.42 Å². The lowest BCUT2D eigenvalue weighted by Crippen LogP contribution is -2.17. The molecule has 1 aliphatic heterocycles. The van der Waals surface area contributed by atoms with E-state index in [4.69, 9.17) is 9.84 Å². The van der Waals surface area contributed by atoms with Gasteiger partial charge in [0.1, 0.15) is 0 Å². The van der Waals surface area contributed by atoms with E-state index in [0.29, 0.717) is 9.84 Å². The summed E-state index contributed by atoms with van der Waals surface area (Å²) in [6, 6.07) is 0. The molecule has 0 radical (unpaired) electrons. The smallest absolute Gasteiger partial charge is 0.0552 e. The zero-order valence-electron chi connectivity index (χ0n) is 5.22. The molecule has 1 N–H and O–H groups in total. The van der Waals surface area contributed by atoms with Crippen LogP contribution >= 0.6 is 22.6 Å². The Hall–Kier alpha value is 0.650. The third-order valence-electron chi connectivity index (χ3n) is 1.65. The molecule has 0 spiro atoms. The van der Waals surface area contributed by atoms with Gasteiger partial charge in [0.2, 0.25) is 0 Å². The van der Waals surface area contributed by atoms with Crippen LogP contribution in [0.25, 0.3) is 0 Å². The van der Waals surface area contributed by atoms with Gasteiger partial charge < -0.3 is 9.84 Å². The monoisotopic (exact) mass is 242 g/mol. The molecule has 0 amide bonds. The number of hydrogen-bond donors (Lipinski definition) is 1. The normalized spacial score (nSPS) is 30.7. The van der Waals surface area contributed by atoms with E-state index in [1.807, 2.05) is 0 Å². The van der Waals surface area contributed by atoms with Crippen LogP contribution in [0.4, 0.5) is 0 Å². The molecule has 0 bridgehead atoms. The molecule has 2 atom stereocenters. The second-order valence-corrected chi connectivity index (χ2v) is 3.92. The highest BCUT2D eigenvalue weighted by Crippen LogP contribution is 2.21. The molecule has 1 aliphatic rings. The summed E-state index contributed by atoms with van der Waals surface area (Å²) < 4.78 is 5.56. The predicted octanol–water partition coefficient (Wildman–Crippen LogP) is 0.819. The Bertz CT molecular complexity index is 81.1. The molecule has 1 saturated heterocycles. The first-order valence-corrected chi connectivity index (χ1v) is 4.42.